The first-order valence-electron chi connectivity index (χ1n) is 5.07. The molecule has 1 aromatic rings. The standard InChI is InChI=1S/C8H14N6O3/c1-3-5(7(15)16)10-8(17)9-4(2)6-11-13-14-12-6/h4-5H,3H2,1-2H3,(H,15,16)(H2,9,10,17)(H,11,12,13,14). The fraction of sp³-hybridized carbons (Fsp3) is 0.625. The number of carbonyl (C=O) groups excluding carboxylic acids is 1. The van der Waals surface area contributed by atoms with Crippen molar-refractivity contribution in [1.29, 1.82) is 0 Å². The van der Waals surface area contributed by atoms with Crippen LogP contribution in [0.15, 0.2) is 0 Å². The molecule has 1 aromatic heterocycles. The molecule has 0 saturated heterocycles. The lowest BCUT2D eigenvalue weighted by Gasteiger charge is -2.15. The molecular weight excluding hydrogens is 228 g/mol. The van der Waals surface area contributed by atoms with Crippen LogP contribution < -0.4 is 10.6 Å². The number of carbonyl (C=O) groups is 2. The molecule has 1 rings (SSSR count). The van der Waals surface area contributed by atoms with Gasteiger partial charge < -0.3 is 15.7 Å². The number of nitrogens with zero attached hydrogens (tertiary/aromatic N) is 3. The van der Waals surface area contributed by atoms with E-state index in [1.54, 1.807) is 13.8 Å². The van der Waals surface area contributed by atoms with E-state index >= 15 is 0 Å². The fourth-order valence-electron chi connectivity index (χ4n) is 1.15. The Bertz CT molecular complexity index is 379. The van der Waals surface area contributed by atoms with E-state index in [-0.39, 0.29) is 0 Å². The third-order valence-electron chi connectivity index (χ3n) is 2.11. The van der Waals surface area contributed by atoms with Crippen LogP contribution in [0, 0.1) is 0 Å². The molecule has 1 heterocycles. The van der Waals surface area contributed by atoms with E-state index in [1.807, 2.05) is 0 Å². The van der Waals surface area contributed by atoms with Crippen LogP contribution in [-0.2, 0) is 4.79 Å². The highest BCUT2D eigenvalue weighted by Crippen LogP contribution is 2.02. The molecule has 0 saturated carbocycles. The molecule has 0 bridgehead atoms. The first-order chi connectivity index (χ1) is 8.04. The third-order valence-corrected chi connectivity index (χ3v) is 2.11. The Morgan fingerprint density at radius 2 is 2.18 bits per heavy atom. The van der Waals surface area contributed by atoms with Crippen LogP contribution in [0.25, 0.3) is 0 Å². The van der Waals surface area contributed by atoms with Gasteiger partial charge in [0.05, 0.1) is 6.04 Å². The van der Waals surface area contributed by atoms with Crippen molar-refractivity contribution in [3.63, 3.8) is 0 Å². The number of rotatable bonds is 5. The smallest absolute Gasteiger partial charge is 0.326 e. The van der Waals surface area contributed by atoms with Crippen molar-refractivity contribution in [1.82, 2.24) is 31.3 Å². The number of aliphatic carboxylic acids is 1. The first kappa shape index (κ1) is 12.9. The summed E-state index contributed by atoms with van der Waals surface area (Å²) in [7, 11) is 0. The van der Waals surface area contributed by atoms with Crippen LogP contribution in [0.4, 0.5) is 4.79 Å². The minimum absolute atomic E-state index is 0.305. The van der Waals surface area contributed by atoms with Gasteiger partial charge in [0.25, 0.3) is 0 Å². The number of hydrogen-bond acceptors (Lipinski definition) is 5. The topological polar surface area (TPSA) is 133 Å². The van der Waals surface area contributed by atoms with Crippen molar-refractivity contribution in [2.75, 3.05) is 0 Å². The maximum absolute atomic E-state index is 11.5. The molecule has 0 aliphatic rings. The zero-order chi connectivity index (χ0) is 12.8. The summed E-state index contributed by atoms with van der Waals surface area (Å²) in [6, 6.07) is -1.95. The van der Waals surface area contributed by atoms with Gasteiger partial charge in [-0.2, -0.15) is 5.21 Å². The number of H-pyrrole nitrogens is 1. The van der Waals surface area contributed by atoms with Crippen LogP contribution in [-0.4, -0.2) is 43.8 Å². The zero-order valence-corrected chi connectivity index (χ0v) is 9.47. The monoisotopic (exact) mass is 242 g/mol. The molecule has 0 aliphatic heterocycles. The molecule has 9 nitrogen and oxygen atoms in total. The van der Waals surface area contributed by atoms with Crippen LogP contribution in [0.5, 0.6) is 0 Å². The van der Waals surface area contributed by atoms with Gasteiger partial charge in [-0.25, -0.2) is 9.59 Å². The minimum Gasteiger partial charge on any atom is -0.480 e. The molecule has 4 N–H and O–H groups in total. The second-order valence-electron chi connectivity index (χ2n) is 3.41. The van der Waals surface area contributed by atoms with Gasteiger partial charge in [0, 0.05) is 0 Å². The van der Waals surface area contributed by atoms with Gasteiger partial charge in [-0.3, -0.25) is 0 Å². The Hall–Kier alpha value is -2.19. The molecule has 94 valence electrons. The van der Waals surface area contributed by atoms with Crippen molar-refractivity contribution >= 4 is 12.0 Å². The molecule has 2 unspecified atom stereocenters. The van der Waals surface area contributed by atoms with Crippen molar-refractivity contribution < 1.29 is 14.7 Å². The number of aromatic nitrogens is 4. The van der Waals surface area contributed by atoms with E-state index < -0.39 is 24.1 Å². The number of nitrogens with one attached hydrogen (secondary N) is 3. The van der Waals surface area contributed by atoms with Gasteiger partial charge in [0.1, 0.15) is 6.04 Å². The van der Waals surface area contributed by atoms with Gasteiger partial charge in [-0.15, -0.1) is 10.2 Å². The minimum atomic E-state index is -1.07. The summed E-state index contributed by atoms with van der Waals surface area (Å²) in [6.07, 6.45) is 0.305. The fourth-order valence-corrected chi connectivity index (χ4v) is 1.15. The van der Waals surface area contributed by atoms with Gasteiger partial charge in [-0.05, 0) is 13.3 Å². The van der Waals surface area contributed by atoms with Crippen molar-refractivity contribution in [2.24, 2.45) is 0 Å². The molecule has 0 aromatic carbocycles. The molecule has 0 radical (unpaired) electrons. The summed E-state index contributed by atoms with van der Waals surface area (Å²) >= 11 is 0. The van der Waals surface area contributed by atoms with Gasteiger partial charge in [0.15, 0.2) is 5.82 Å². The summed E-state index contributed by atoms with van der Waals surface area (Å²) in [6.45, 7) is 3.33. The van der Waals surface area contributed by atoms with E-state index in [0.29, 0.717) is 12.2 Å². The Balaban J connectivity index is 2.47. The van der Waals surface area contributed by atoms with Crippen LogP contribution in [0.2, 0.25) is 0 Å². The molecule has 2 amide bonds. The summed E-state index contributed by atoms with van der Waals surface area (Å²) in [5, 5.41) is 26.6. The lowest BCUT2D eigenvalue weighted by atomic mass is 10.2. The number of tetrazole rings is 1. The van der Waals surface area contributed by atoms with Crippen LogP contribution in [0.3, 0.4) is 0 Å². The SMILES string of the molecule is CCC(NC(=O)NC(C)c1nn[nH]n1)C(=O)O. The average molecular weight is 242 g/mol. The second kappa shape index (κ2) is 5.77. The maximum atomic E-state index is 11.5. The molecule has 17 heavy (non-hydrogen) atoms. The second-order valence-corrected chi connectivity index (χ2v) is 3.41. The van der Waals surface area contributed by atoms with Gasteiger partial charge >= 0.3 is 12.0 Å². The van der Waals surface area contributed by atoms with Gasteiger partial charge in [0.2, 0.25) is 0 Å². The van der Waals surface area contributed by atoms with Crippen LogP contribution >= 0.6 is 0 Å². The molecule has 0 aliphatic carbocycles. The number of aromatic amines is 1. The molecule has 0 fully saturated rings. The Morgan fingerprint density at radius 3 is 2.65 bits per heavy atom. The highest BCUT2D eigenvalue weighted by molar-refractivity contribution is 5.82. The predicted molar refractivity (Wildman–Crippen MR) is 56.0 cm³/mol. The molecule has 0 spiro atoms. The van der Waals surface area contributed by atoms with Crippen LogP contribution in [0.1, 0.15) is 32.1 Å². The quantitative estimate of drug-likeness (QED) is 0.546. The maximum Gasteiger partial charge on any atom is 0.326 e. The van der Waals surface area contributed by atoms with E-state index in [9.17, 15) is 9.59 Å². The predicted octanol–water partition coefficient (Wildman–Crippen LogP) is -0.577. The van der Waals surface area contributed by atoms with E-state index in [4.69, 9.17) is 5.11 Å². The third kappa shape index (κ3) is 3.70. The highest BCUT2D eigenvalue weighted by Gasteiger charge is 2.19. The van der Waals surface area contributed by atoms with Crippen molar-refractivity contribution in [3.05, 3.63) is 5.82 Å². The van der Waals surface area contributed by atoms with E-state index in [0.717, 1.165) is 0 Å². The van der Waals surface area contributed by atoms with Crippen molar-refractivity contribution in [2.45, 2.75) is 32.4 Å². The number of amides is 2. The number of urea groups is 1. The summed E-state index contributed by atoms with van der Waals surface area (Å²) in [5.41, 5.74) is 0. The van der Waals surface area contributed by atoms with E-state index in [1.165, 1.54) is 0 Å². The largest absolute Gasteiger partial charge is 0.480 e. The summed E-state index contributed by atoms with van der Waals surface area (Å²) in [4.78, 5) is 22.1. The number of carboxylic acid groups (broad SMARTS) is 1. The first-order valence-corrected chi connectivity index (χ1v) is 5.07. The number of hydrogen-bond donors (Lipinski definition) is 4. The Morgan fingerprint density at radius 1 is 1.47 bits per heavy atom. The van der Waals surface area contributed by atoms with Gasteiger partial charge in [-0.1, -0.05) is 12.1 Å². The molecular formula is C8H14N6O3. The van der Waals surface area contributed by atoms with E-state index in [2.05, 4.69) is 31.3 Å². The normalized spacial score (nSPS) is 13.8. The Kier molecular flexibility index (Phi) is 4.37. The highest BCUT2D eigenvalue weighted by atomic mass is 16.4. The molecule has 2 atom stereocenters. The zero-order valence-electron chi connectivity index (χ0n) is 9.47. The van der Waals surface area contributed by atoms with Crippen molar-refractivity contribution in [3.8, 4) is 0 Å². The lowest BCUT2D eigenvalue weighted by molar-refractivity contribution is -0.139. The average Bonchev–Trinajstić information content (AvgIpc) is 2.78. The molecule has 9 heteroatoms. The summed E-state index contributed by atoms with van der Waals surface area (Å²) in [5.74, 6) is -0.751. The lowest BCUT2D eigenvalue weighted by Crippen LogP contribution is -2.46. The Labute approximate surface area is 97.0 Å². The number of carboxylic acids is 1. The summed E-state index contributed by atoms with van der Waals surface area (Å²) < 4.78 is 0.